The smallest absolute Gasteiger partial charge is 0.344 e. The van der Waals surface area contributed by atoms with Crippen LogP contribution in [-0.2, 0) is 16.1 Å². The van der Waals surface area contributed by atoms with E-state index in [1.54, 1.807) is 30.3 Å². The molecular weight excluding hydrogens is 384 g/mol. The van der Waals surface area contributed by atoms with E-state index in [2.05, 4.69) is 0 Å². The molecule has 3 rings (SSSR count). The lowest BCUT2D eigenvalue weighted by Gasteiger charge is -2.12. The quantitative estimate of drug-likeness (QED) is 0.434. The maximum Gasteiger partial charge on any atom is 0.344 e. The molecule has 0 fully saturated rings. The Bertz CT molecular complexity index is 1060. The lowest BCUT2D eigenvalue weighted by Crippen LogP contribution is -2.16. The number of aryl methyl sites for hydroxylation is 1. The molecule has 146 valence electrons. The third kappa shape index (κ3) is 4.64. The molecule has 6 nitrogen and oxygen atoms in total. The SMILES string of the molecule is CCOc1ccccc1OCC(=O)OCc1cc(=O)oc2cc(C)c(Cl)cc12. The molecule has 0 unspecified atom stereocenters. The molecule has 1 aromatic heterocycles. The number of carbonyl (C=O) groups is 1. The molecular formula is C21H19ClO6. The molecule has 0 N–H and O–H groups in total. The van der Waals surface area contributed by atoms with E-state index in [9.17, 15) is 9.59 Å². The van der Waals surface area contributed by atoms with Gasteiger partial charge in [0.1, 0.15) is 12.2 Å². The first-order chi connectivity index (χ1) is 13.5. The first-order valence-corrected chi connectivity index (χ1v) is 9.09. The number of para-hydroxylation sites is 2. The zero-order chi connectivity index (χ0) is 20.1. The minimum absolute atomic E-state index is 0.100. The van der Waals surface area contributed by atoms with Gasteiger partial charge in [0, 0.05) is 22.0 Å². The van der Waals surface area contributed by atoms with E-state index in [0.29, 0.717) is 39.7 Å². The molecule has 0 bridgehead atoms. The van der Waals surface area contributed by atoms with Crippen molar-refractivity contribution >= 4 is 28.5 Å². The number of esters is 1. The highest BCUT2D eigenvalue weighted by atomic mass is 35.5. The summed E-state index contributed by atoms with van der Waals surface area (Å²) < 4.78 is 21.4. The fourth-order valence-corrected chi connectivity index (χ4v) is 2.81. The van der Waals surface area contributed by atoms with Crippen molar-refractivity contribution in [3.63, 3.8) is 0 Å². The Labute approximate surface area is 166 Å². The Morgan fingerprint density at radius 2 is 1.82 bits per heavy atom. The number of carbonyl (C=O) groups excluding carboxylic acids is 1. The van der Waals surface area contributed by atoms with E-state index >= 15 is 0 Å². The van der Waals surface area contributed by atoms with Crippen molar-refractivity contribution in [3.8, 4) is 11.5 Å². The summed E-state index contributed by atoms with van der Waals surface area (Å²) in [5.41, 5.74) is 1.16. The Morgan fingerprint density at radius 3 is 2.54 bits per heavy atom. The van der Waals surface area contributed by atoms with Crippen molar-refractivity contribution in [3.05, 3.63) is 69.0 Å². The van der Waals surface area contributed by atoms with Crippen molar-refractivity contribution in [2.45, 2.75) is 20.5 Å². The molecule has 0 spiro atoms. The normalized spacial score (nSPS) is 10.7. The van der Waals surface area contributed by atoms with E-state index in [4.69, 9.17) is 30.2 Å². The molecule has 0 aliphatic carbocycles. The summed E-state index contributed by atoms with van der Waals surface area (Å²) in [4.78, 5) is 23.9. The number of rotatable bonds is 7. The van der Waals surface area contributed by atoms with Gasteiger partial charge >= 0.3 is 11.6 Å². The second-order valence-corrected chi connectivity index (χ2v) is 6.42. The van der Waals surface area contributed by atoms with E-state index in [-0.39, 0.29) is 13.2 Å². The van der Waals surface area contributed by atoms with E-state index in [0.717, 1.165) is 5.56 Å². The molecule has 0 saturated heterocycles. The Morgan fingerprint density at radius 1 is 1.11 bits per heavy atom. The van der Waals surface area contributed by atoms with Crippen LogP contribution in [0.3, 0.4) is 0 Å². The average Bonchev–Trinajstić information content (AvgIpc) is 2.67. The zero-order valence-corrected chi connectivity index (χ0v) is 16.2. The monoisotopic (exact) mass is 402 g/mol. The van der Waals surface area contributed by atoms with Gasteiger partial charge in [-0.05, 0) is 43.7 Å². The Kier molecular flexibility index (Phi) is 6.21. The molecule has 0 aliphatic rings. The van der Waals surface area contributed by atoms with Gasteiger partial charge in [-0.1, -0.05) is 23.7 Å². The second kappa shape index (κ2) is 8.80. The summed E-state index contributed by atoms with van der Waals surface area (Å²) in [5, 5.41) is 1.15. The highest BCUT2D eigenvalue weighted by molar-refractivity contribution is 6.32. The summed E-state index contributed by atoms with van der Waals surface area (Å²) in [6.45, 7) is 3.77. The van der Waals surface area contributed by atoms with Crippen LogP contribution < -0.4 is 15.1 Å². The number of benzene rings is 2. The number of ether oxygens (including phenoxy) is 3. The maximum absolute atomic E-state index is 12.1. The summed E-state index contributed by atoms with van der Waals surface area (Å²) in [7, 11) is 0. The third-order valence-electron chi connectivity index (χ3n) is 3.99. The number of hydrogen-bond acceptors (Lipinski definition) is 6. The van der Waals surface area contributed by atoms with Gasteiger partial charge in [-0.2, -0.15) is 0 Å². The Hall–Kier alpha value is -2.99. The molecule has 0 aliphatic heterocycles. The summed E-state index contributed by atoms with van der Waals surface area (Å²) >= 11 is 6.16. The van der Waals surface area contributed by atoms with Crippen molar-refractivity contribution in [2.75, 3.05) is 13.2 Å². The molecule has 28 heavy (non-hydrogen) atoms. The highest BCUT2D eigenvalue weighted by Crippen LogP contribution is 2.27. The van der Waals surface area contributed by atoms with Gasteiger partial charge in [0.25, 0.3) is 0 Å². The van der Waals surface area contributed by atoms with Crippen molar-refractivity contribution < 1.29 is 23.4 Å². The lowest BCUT2D eigenvalue weighted by atomic mass is 10.1. The van der Waals surface area contributed by atoms with Crippen LogP contribution in [0.25, 0.3) is 11.0 Å². The summed E-state index contributed by atoms with van der Waals surface area (Å²) in [6, 6.07) is 11.7. The summed E-state index contributed by atoms with van der Waals surface area (Å²) in [5.74, 6) is 0.426. The number of fused-ring (bicyclic) bond motifs is 1. The molecule has 2 aromatic carbocycles. The van der Waals surface area contributed by atoms with E-state index < -0.39 is 11.6 Å². The fourth-order valence-electron chi connectivity index (χ4n) is 2.65. The van der Waals surface area contributed by atoms with Gasteiger partial charge in [0.2, 0.25) is 0 Å². The van der Waals surface area contributed by atoms with Gasteiger partial charge in [-0.3, -0.25) is 0 Å². The minimum Gasteiger partial charge on any atom is -0.490 e. The van der Waals surface area contributed by atoms with Crippen LogP contribution in [0.15, 0.2) is 51.7 Å². The van der Waals surface area contributed by atoms with Crippen LogP contribution in [0.4, 0.5) is 0 Å². The maximum atomic E-state index is 12.1. The topological polar surface area (TPSA) is 75.0 Å². The van der Waals surface area contributed by atoms with Crippen molar-refractivity contribution in [1.29, 1.82) is 0 Å². The largest absolute Gasteiger partial charge is 0.490 e. The predicted octanol–water partition coefficient (Wildman–Crippen LogP) is 4.28. The van der Waals surface area contributed by atoms with Gasteiger partial charge in [0.05, 0.1) is 6.61 Å². The van der Waals surface area contributed by atoms with Gasteiger partial charge in [0.15, 0.2) is 18.1 Å². The number of hydrogen-bond donors (Lipinski definition) is 0. The minimum atomic E-state index is -0.578. The third-order valence-corrected chi connectivity index (χ3v) is 4.40. The van der Waals surface area contributed by atoms with Crippen molar-refractivity contribution in [2.24, 2.45) is 0 Å². The molecule has 3 aromatic rings. The van der Waals surface area contributed by atoms with Crippen LogP contribution in [0, 0.1) is 6.92 Å². The molecule has 7 heteroatoms. The first-order valence-electron chi connectivity index (χ1n) is 8.71. The van der Waals surface area contributed by atoms with Crippen LogP contribution in [0.2, 0.25) is 5.02 Å². The van der Waals surface area contributed by atoms with Gasteiger partial charge in [-0.15, -0.1) is 0 Å². The second-order valence-electron chi connectivity index (χ2n) is 6.02. The van der Waals surface area contributed by atoms with Crippen LogP contribution in [0.5, 0.6) is 11.5 Å². The fraction of sp³-hybridized carbons (Fsp3) is 0.238. The number of halogens is 1. The molecule has 0 amide bonds. The van der Waals surface area contributed by atoms with Crippen LogP contribution in [-0.4, -0.2) is 19.2 Å². The van der Waals surface area contributed by atoms with E-state index in [1.807, 2.05) is 19.9 Å². The highest BCUT2D eigenvalue weighted by Gasteiger charge is 2.12. The molecule has 0 atom stereocenters. The predicted molar refractivity (Wildman–Crippen MR) is 105 cm³/mol. The molecule has 0 saturated carbocycles. The first kappa shape index (κ1) is 19.8. The van der Waals surface area contributed by atoms with Crippen LogP contribution in [0.1, 0.15) is 18.1 Å². The van der Waals surface area contributed by atoms with Gasteiger partial charge in [-0.25, -0.2) is 9.59 Å². The lowest BCUT2D eigenvalue weighted by molar-refractivity contribution is -0.147. The Balaban J connectivity index is 1.68. The van der Waals surface area contributed by atoms with E-state index in [1.165, 1.54) is 6.07 Å². The van der Waals surface area contributed by atoms with Gasteiger partial charge < -0.3 is 18.6 Å². The average molecular weight is 403 g/mol. The van der Waals surface area contributed by atoms with Crippen molar-refractivity contribution in [1.82, 2.24) is 0 Å². The summed E-state index contributed by atoms with van der Waals surface area (Å²) in [6.07, 6.45) is 0. The van der Waals surface area contributed by atoms with Crippen LogP contribution >= 0.6 is 11.6 Å². The molecule has 0 radical (unpaired) electrons. The zero-order valence-electron chi connectivity index (χ0n) is 15.5. The molecule has 1 heterocycles. The standard InChI is InChI=1S/C21H19ClO6/c1-3-25-17-6-4-5-7-18(17)26-12-21(24)27-11-14-9-20(23)28-19-8-13(2)16(22)10-15(14)19/h4-10H,3,11-12H2,1-2H3.